The number of sulfone groups is 1. The van der Waals surface area contributed by atoms with Crippen LogP contribution in [0.3, 0.4) is 0 Å². The molecule has 0 radical (unpaired) electrons. The fourth-order valence-electron chi connectivity index (χ4n) is 4.17. The molecule has 1 N–H and O–H groups in total. The van der Waals surface area contributed by atoms with Gasteiger partial charge in [-0.3, -0.25) is 4.98 Å². The Kier molecular flexibility index (Phi) is 6.21. The second kappa shape index (κ2) is 9.31. The van der Waals surface area contributed by atoms with Crippen molar-refractivity contribution in [1.29, 1.82) is 0 Å². The minimum Gasteiger partial charge on any atom is -0.415 e. The number of hydrogen-bond donors (Lipinski definition) is 1. The van der Waals surface area contributed by atoms with E-state index in [9.17, 15) is 8.42 Å². The van der Waals surface area contributed by atoms with Crippen LogP contribution in [0.2, 0.25) is 0 Å². The molecule has 1 unspecified atom stereocenters. The summed E-state index contributed by atoms with van der Waals surface area (Å²) in [6, 6.07) is 15.2. The van der Waals surface area contributed by atoms with E-state index in [1.54, 1.807) is 44.3 Å². The summed E-state index contributed by atoms with van der Waals surface area (Å²) < 4.78 is 30.8. The van der Waals surface area contributed by atoms with Gasteiger partial charge in [-0.25, -0.2) is 13.4 Å². The lowest BCUT2D eigenvalue weighted by atomic mass is 10.0. The first-order chi connectivity index (χ1) is 16.8. The van der Waals surface area contributed by atoms with Crippen LogP contribution in [0.4, 0.5) is 0 Å². The molecule has 35 heavy (non-hydrogen) atoms. The zero-order chi connectivity index (χ0) is 24.6. The second-order valence-electron chi connectivity index (χ2n) is 8.99. The Morgan fingerprint density at radius 1 is 1.03 bits per heavy atom. The lowest BCUT2D eigenvalue weighted by Gasteiger charge is -2.10. The molecular formula is C26H27N5O3S. The minimum atomic E-state index is -3.34. The molecule has 5 rings (SSSR count). The maximum atomic E-state index is 12.4. The SMILES string of the molecule is Cc1ncc(-c2ccc(S(=O)(=O)C(C)C)cc2)nc1-c1nnc(-c2cccc(C3CCCN3)c2)o1. The summed E-state index contributed by atoms with van der Waals surface area (Å²) in [5, 5.41) is 11.5. The maximum Gasteiger partial charge on any atom is 0.268 e. The molecule has 9 heteroatoms. The molecule has 2 aromatic heterocycles. The molecule has 4 aromatic rings. The Morgan fingerprint density at radius 3 is 2.51 bits per heavy atom. The van der Waals surface area contributed by atoms with E-state index in [2.05, 4.69) is 32.6 Å². The van der Waals surface area contributed by atoms with Crippen molar-refractivity contribution < 1.29 is 12.8 Å². The van der Waals surface area contributed by atoms with E-state index >= 15 is 0 Å². The molecule has 0 amide bonds. The first kappa shape index (κ1) is 23.3. The van der Waals surface area contributed by atoms with Gasteiger partial charge < -0.3 is 9.73 Å². The first-order valence-electron chi connectivity index (χ1n) is 11.7. The summed E-state index contributed by atoms with van der Waals surface area (Å²) in [6.07, 6.45) is 3.94. The average Bonchev–Trinajstić information content (AvgIpc) is 3.57. The standard InChI is InChI=1S/C26H27N5O3S/c1-16(2)35(32,33)21-11-9-18(10-12-21)23-15-28-17(3)24(29-23)26-31-30-25(34-26)20-7-4-6-19(14-20)22-8-5-13-27-22/h4,6-7,9-12,14-16,22,27H,5,8,13H2,1-3H3. The van der Waals surface area contributed by atoms with Crippen LogP contribution in [0.15, 0.2) is 64.0 Å². The predicted octanol–water partition coefficient (Wildman–Crippen LogP) is 4.78. The van der Waals surface area contributed by atoms with Gasteiger partial charge in [0.2, 0.25) is 5.89 Å². The van der Waals surface area contributed by atoms with Gasteiger partial charge in [0, 0.05) is 17.2 Å². The van der Waals surface area contributed by atoms with Crippen LogP contribution in [0.5, 0.6) is 0 Å². The van der Waals surface area contributed by atoms with Crippen molar-refractivity contribution in [3.8, 4) is 34.3 Å². The van der Waals surface area contributed by atoms with Crippen molar-refractivity contribution in [3.05, 3.63) is 66.0 Å². The Labute approximate surface area is 204 Å². The topological polar surface area (TPSA) is 111 Å². The van der Waals surface area contributed by atoms with E-state index in [1.165, 1.54) is 12.0 Å². The van der Waals surface area contributed by atoms with Crippen molar-refractivity contribution >= 4 is 9.84 Å². The Balaban J connectivity index is 1.44. The van der Waals surface area contributed by atoms with Crippen molar-refractivity contribution in [2.75, 3.05) is 6.54 Å². The number of aryl methyl sites for hydroxylation is 1. The van der Waals surface area contributed by atoms with Crippen LogP contribution in [0, 0.1) is 6.92 Å². The summed E-state index contributed by atoms with van der Waals surface area (Å²) >= 11 is 0. The fourth-order valence-corrected chi connectivity index (χ4v) is 5.23. The first-order valence-corrected chi connectivity index (χ1v) is 13.2. The molecule has 0 saturated carbocycles. The second-order valence-corrected chi connectivity index (χ2v) is 11.5. The third-order valence-corrected chi connectivity index (χ3v) is 8.45. The van der Waals surface area contributed by atoms with Gasteiger partial charge in [0.05, 0.1) is 27.7 Å². The Morgan fingerprint density at radius 2 is 1.80 bits per heavy atom. The number of benzene rings is 2. The molecule has 0 aliphatic carbocycles. The van der Waals surface area contributed by atoms with Crippen molar-refractivity contribution in [2.45, 2.75) is 49.8 Å². The monoisotopic (exact) mass is 489 g/mol. The highest BCUT2D eigenvalue weighted by atomic mass is 32.2. The lowest BCUT2D eigenvalue weighted by Crippen LogP contribution is -2.13. The summed E-state index contributed by atoms with van der Waals surface area (Å²) in [5.74, 6) is 0.713. The van der Waals surface area contributed by atoms with E-state index in [0.717, 1.165) is 24.1 Å². The third-order valence-electron chi connectivity index (χ3n) is 6.28. The minimum absolute atomic E-state index is 0.285. The third kappa shape index (κ3) is 4.61. The molecule has 2 aromatic carbocycles. The van der Waals surface area contributed by atoms with Gasteiger partial charge in [0.1, 0.15) is 5.69 Å². The molecule has 1 saturated heterocycles. The van der Waals surface area contributed by atoms with Gasteiger partial charge in [-0.2, -0.15) is 0 Å². The van der Waals surface area contributed by atoms with E-state index in [1.807, 2.05) is 19.1 Å². The molecular weight excluding hydrogens is 462 g/mol. The van der Waals surface area contributed by atoms with Crippen LogP contribution >= 0.6 is 0 Å². The van der Waals surface area contributed by atoms with Crippen molar-refractivity contribution in [2.24, 2.45) is 0 Å². The summed E-state index contributed by atoms with van der Waals surface area (Å²) in [6.45, 7) is 6.20. The number of aromatic nitrogens is 4. The van der Waals surface area contributed by atoms with Crippen molar-refractivity contribution in [3.63, 3.8) is 0 Å². The fraction of sp³-hybridized carbons (Fsp3) is 0.308. The normalized spacial score (nSPS) is 16.2. The summed E-state index contributed by atoms with van der Waals surface area (Å²) in [7, 11) is -3.34. The van der Waals surface area contributed by atoms with Crippen LogP contribution in [-0.4, -0.2) is 40.4 Å². The largest absolute Gasteiger partial charge is 0.415 e. The van der Waals surface area contributed by atoms with E-state index in [0.29, 0.717) is 29.0 Å². The van der Waals surface area contributed by atoms with Crippen LogP contribution in [0.25, 0.3) is 34.3 Å². The van der Waals surface area contributed by atoms with E-state index < -0.39 is 15.1 Å². The van der Waals surface area contributed by atoms with Gasteiger partial charge in [-0.1, -0.05) is 24.3 Å². The molecule has 3 heterocycles. The molecule has 180 valence electrons. The molecule has 0 bridgehead atoms. The van der Waals surface area contributed by atoms with Crippen LogP contribution in [0.1, 0.15) is 44.0 Å². The van der Waals surface area contributed by atoms with Crippen LogP contribution < -0.4 is 5.32 Å². The maximum absolute atomic E-state index is 12.4. The van der Waals surface area contributed by atoms with Crippen LogP contribution in [-0.2, 0) is 9.84 Å². The zero-order valence-corrected chi connectivity index (χ0v) is 20.7. The molecule has 1 fully saturated rings. The number of hydrogen-bond acceptors (Lipinski definition) is 8. The Hall–Kier alpha value is -3.43. The van der Waals surface area contributed by atoms with Gasteiger partial charge in [-0.15, -0.1) is 10.2 Å². The molecule has 0 spiro atoms. The average molecular weight is 490 g/mol. The highest BCUT2D eigenvalue weighted by molar-refractivity contribution is 7.92. The molecule has 1 aliphatic heterocycles. The van der Waals surface area contributed by atoms with Gasteiger partial charge in [-0.05, 0) is 70.0 Å². The van der Waals surface area contributed by atoms with E-state index in [4.69, 9.17) is 9.40 Å². The van der Waals surface area contributed by atoms with E-state index in [-0.39, 0.29) is 10.8 Å². The summed E-state index contributed by atoms with van der Waals surface area (Å²) in [4.78, 5) is 9.46. The number of nitrogens with zero attached hydrogens (tertiary/aromatic N) is 4. The highest BCUT2D eigenvalue weighted by Crippen LogP contribution is 2.30. The quantitative estimate of drug-likeness (QED) is 0.412. The lowest BCUT2D eigenvalue weighted by molar-refractivity contribution is 0.580. The predicted molar refractivity (Wildman–Crippen MR) is 133 cm³/mol. The number of nitrogens with one attached hydrogen (secondary N) is 1. The zero-order valence-electron chi connectivity index (χ0n) is 19.9. The molecule has 1 atom stereocenters. The smallest absolute Gasteiger partial charge is 0.268 e. The van der Waals surface area contributed by atoms with Gasteiger partial charge >= 0.3 is 0 Å². The number of rotatable bonds is 6. The molecule has 1 aliphatic rings. The summed E-state index contributed by atoms with van der Waals surface area (Å²) in [5.41, 5.74) is 4.56. The van der Waals surface area contributed by atoms with Crippen molar-refractivity contribution in [1.82, 2.24) is 25.5 Å². The van der Waals surface area contributed by atoms with Gasteiger partial charge in [0.25, 0.3) is 5.89 Å². The van der Waals surface area contributed by atoms with Gasteiger partial charge in [0.15, 0.2) is 9.84 Å². The molecule has 8 nitrogen and oxygen atoms in total. The highest BCUT2D eigenvalue weighted by Gasteiger charge is 2.21. The Bertz CT molecular complexity index is 1460.